The minimum absolute atomic E-state index is 0.0655. The molecule has 0 aliphatic heterocycles. The van der Waals surface area contributed by atoms with Crippen molar-refractivity contribution in [2.75, 3.05) is 0 Å². The van der Waals surface area contributed by atoms with Crippen molar-refractivity contribution in [3.63, 3.8) is 0 Å². The maximum Gasteiger partial charge on any atom is 0.289 e. The van der Waals surface area contributed by atoms with E-state index in [0.29, 0.717) is 37.8 Å². The van der Waals surface area contributed by atoms with Crippen molar-refractivity contribution in [3.05, 3.63) is 66.0 Å². The molecule has 2 aromatic rings. The summed E-state index contributed by atoms with van der Waals surface area (Å²) in [5, 5.41) is 8.05. The summed E-state index contributed by atoms with van der Waals surface area (Å²) in [6, 6.07) is 13.1. The second kappa shape index (κ2) is 12.4. The molecule has 1 atom stereocenters. The predicted octanol–water partition coefficient (Wildman–Crippen LogP) is 3.25. The number of rotatable bonds is 12. The number of ketones is 1. The lowest BCUT2D eigenvalue weighted by Gasteiger charge is -2.28. The quantitative estimate of drug-likeness (QED) is 0.358. The van der Waals surface area contributed by atoms with E-state index in [2.05, 4.69) is 20.9 Å². The SMILES string of the molecule is O=C(CCC1CCC(F)(F)CC1)NC1(C(=O)N[C@H](Cc2ccccc2)C(=O)C(=O)NCc2ccccn2)CC1. The Balaban J connectivity index is 1.34. The minimum atomic E-state index is -2.61. The van der Waals surface area contributed by atoms with E-state index in [4.69, 9.17) is 0 Å². The third kappa shape index (κ3) is 8.15. The van der Waals surface area contributed by atoms with E-state index in [0.717, 1.165) is 5.56 Å². The van der Waals surface area contributed by atoms with E-state index >= 15 is 0 Å². The zero-order valence-electron chi connectivity index (χ0n) is 21.8. The van der Waals surface area contributed by atoms with E-state index in [1.807, 2.05) is 6.07 Å². The number of halogens is 2. The summed E-state index contributed by atoms with van der Waals surface area (Å²) >= 11 is 0. The van der Waals surface area contributed by atoms with Crippen molar-refractivity contribution in [2.45, 2.75) is 81.8 Å². The normalized spacial score (nSPS) is 18.4. The Morgan fingerprint density at radius 1 is 0.949 bits per heavy atom. The number of hydrogen-bond acceptors (Lipinski definition) is 5. The van der Waals surface area contributed by atoms with Crippen molar-refractivity contribution in [2.24, 2.45) is 5.92 Å². The lowest BCUT2D eigenvalue weighted by molar-refractivity contribution is -0.140. The van der Waals surface area contributed by atoms with E-state index in [9.17, 15) is 28.0 Å². The number of nitrogens with zero attached hydrogens (tertiary/aromatic N) is 1. The average molecular weight is 541 g/mol. The topological polar surface area (TPSA) is 117 Å². The third-order valence-electron chi connectivity index (χ3n) is 7.46. The first-order valence-corrected chi connectivity index (χ1v) is 13.4. The fraction of sp³-hybridized carbons (Fsp3) is 0.483. The molecule has 0 radical (unpaired) electrons. The van der Waals surface area contributed by atoms with E-state index < -0.39 is 35.1 Å². The van der Waals surface area contributed by atoms with Gasteiger partial charge in [0.05, 0.1) is 12.2 Å². The Morgan fingerprint density at radius 2 is 1.64 bits per heavy atom. The second-order valence-corrected chi connectivity index (χ2v) is 10.6. The van der Waals surface area contributed by atoms with Gasteiger partial charge in [-0.2, -0.15) is 0 Å². The van der Waals surface area contributed by atoms with Crippen LogP contribution < -0.4 is 16.0 Å². The third-order valence-corrected chi connectivity index (χ3v) is 7.46. The van der Waals surface area contributed by atoms with Gasteiger partial charge in [-0.15, -0.1) is 0 Å². The first kappa shape index (κ1) is 28.3. The molecule has 1 aromatic heterocycles. The van der Waals surface area contributed by atoms with Crippen LogP contribution in [-0.2, 0) is 32.1 Å². The molecule has 39 heavy (non-hydrogen) atoms. The van der Waals surface area contributed by atoms with Crippen LogP contribution in [0.3, 0.4) is 0 Å². The van der Waals surface area contributed by atoms with Crippen LogP contribution in [0.1, 0.15) is 62.6 Å². The highest BCUT2D eigenvalue weighted by molar-refractivity contribution is 6.38. The molecule has 1 heterocycles. The number of Topliss-reactive ketones (excluding diaryl/α,β-unsaturated/α-hetero) is 1. The second-order valence-electron chi connectivity index (χ2n) is 10.6. The molecule has 208 valence electrons. The number of aromatic nitrogens is 1. The summed E-state index contributed by atoms with van der Waals surface area (Å²) in [6.45, 7) is 0.0655. The molecule has 1 aromatic carbocycles. The highest BCUT2D eigenvalue weighted by atomic mass is 19.3. The van der Waals surface area contributed by atoms with Crippen LogP contribution in [-0.4, -0.2) is 46.0 Å². The van der Waals surface area contributed by atoms with Crippen LogP contribution in [0.5, 0.6) is 0 Å². The molecule has 0 spiro atoms. The molecular weight excluding hydrogens is 506 g/mol. The van der Waals surface area contributed by atoms with E-state index in [-0.39, 0.29) is 44.1 Å². The number of pyridine rings is 1. The molecule has 4 rings (SSSR count). The number of amides is 3. The summed E-state index contributed by atoms with van der Waals surface area (Å²) in [4.78, 5) is 55.8. The van der Waals surface area contributed by atoms with Gasteiger partial charge in [-0.1, -0.05) is 36.4 Å². The number of carbonyl (C=O) groups is 4. The molecular formula is C29H34F2N4O4. The molecule has 0 unspecified atom stereocenters. The van der Waals surface area contributed by atoms with Crippen LogP contribution in [0, 0.1) is 5.92 Å². The molecule has 0 saturated heterocycles. The van der Waals surface area contributed by atoms with Crippen LogP contribution in [0.2, 0.25) is 0 Å². The molecule has 0 bridgehead atoms. The van der Waals surface area contributed by atoms with Gasteiger partial charge in [0, 0.05) is 31.9 Å². The largest absolute Gasteiger partial charge is 0.344 e. The molecule has 3 N–H and O–H groups in total. The Hall–Kier alpha value is -3.69. The lowest BCUT2D eigenvalue weighted by Crippen LogP contribution is -2.55. The van der Waals surface area contributed by atoms with Gasteiger partial charge < -0.3 is 16.0 Å². The van der Waals surface area contributed by atoms with Gasteiger partial charge >= 0.3 is 0 Å². The first-order valence-electron chi connectivity index (χ1n) is 13.4. The predicted molar refractivity (Wildman–Crippen MR) is 139 cm³/mol. The standard InChI is InChI=1S/C29H34F2N4O4/c30-29(31)13-11-20(12-14-29)9-10-24(36)35-28(15-16-28)27(39)34-23(18-21-6-2-1-3-7-21)25(37)26(38)33-19-22-8-4-5-17-32-22/h1-8,17,20,23H,9-16,18-19H2,(H,33,38)(H,34,39)(H,35,36)/t23-/m1/s1. The van der Waals surface area contributed by atoms with Crippen molar-refractivity contribution < 1.29 is 28.0 Å². The van der Waals surface area contributed by atoms with Crippen LogP contribution in [0.15, 0.2) is 54.7 Å². The Morgan fingerprint density at radius 3 is 2.28 bits per heavy atom. The average Bonchev–Trinajstić information content (AvgIpc) is 3.72. The van der Waals surface area contributed by atoms with E-state index in [1.165, 1.54) is 0 Å². The summed E-state index contributed by atoms with van der Waals surface area (Å²) in [5.74, 6) is -5.01. The number of benzene rings is 1. The molecule has 2 aliphatic carbocycles. The lowest BCUT2D eigenvalue weighted by atomic mass is 9.84. The van der Waals surface area contributed by atoms with Gasteiger partial charge in [0.2, 0.25) is 23.5 Å². The minimum Gasteiger partial charge on any atom is -0.344 e. The van der Waals surface area contributed by atoms with Crippen molar-refractivity contribution in [1.82, 2.24) is 20.9 Å². The molecule has 2 fully saturated rings. The maximum absolute atomic E-state index is 13.4. The summed E-state index contributed by atoms with van der Waals surface area (Å²) in [7, 11) is 0. The molecule has 2 aliphatic rings. The summed E-state index contributed by atoms with van der Waals surface area (Å²) in [6.07, 6.45) is 3.62. The Labute approximate surface area is 226 Å². The van der Waals surface area contributed by atoms with Gasteiger partial charge in [0.1, 0.15) is 11.6 Å². The maximum atomic E-state index is 13.4. The summed E-state index contributed by atoms with van der Waals surface area (Å²) < 4.78 is 26.8. The molecule has 2 saturated carbocycles. The van der Waals surface area contributed by atoms with Crippen LogP contribution in [0.4, 0.5) is 8.78 Å². The van der Waals surface area contributed by atoms with Crippen molar-refractivity contribution in [1.29, 1.82) is 0 Å². The number of carbonyl (C=O) groups excluding carboxylic acids is 4. The number of nitrogens with one attached hydrogen (secondary N) is 3. The van der Waals surface area contributed by atoms with Gasteiger partial charge in [-0.05, 0) is 55.7 Å². The van der Waals surface area contributed by atoms with E-state index in [1.54, 1.807) is 48.7 Å². The fourth-order valence-electron chi connectivity index (χ4n) is 4.86. The Kier molecular flexibility index (Phi) is 9.04. The van der Waals surface area contributed by atoms with Gasteiger partial charge in [0.15, 0.2) is 0 Å². The smallest absolute Gasteiger partial charge is 0.289 e. The van der Waals surface area contributed by atoms with Crippen LogP contribution in [0.25, 0.3) is 0 Å². The fourth-order valence-corrected chi connectivity index (χ4v) is 4.86. The zero-order valence-corrected chi connectivity index (χ0v) is 21.8. The molecule has 10 heteroatoms. The van der Waals surface area contributed by atoms with Gasteiger partial charge in [-0.3, -0.25) is 24.2 Å². The van der Waals surface area contributed by atoms with Crippen molar-refractivity contribution >= 4 is 23.5 Å². The monoisotopic (exact) mass is 540 g/mol. The first-order chi connectivity index (χ1) is 18.7. The zero-order chi connectivity index (χ0) is 27.9. The van der Waals surface area contributed by atoms with Crippen LogP contribution >= 0.6 is 0 Å². The molecule has 8 nitrogen and oxygen atoms in total. The van der Waals surface area contributed by atoms with Gasteiger partial charge in [0.25, 0.3) is 5.91 Å². The highest BCUT2D eigenvalue weighted by Crippen LogP contribution is 2.39. The number of alkyl halides is 2. The molecule has 3 amide bonds. The Bertz CT molecular complexity index is 1160. The number of hydrogen-bond donors (Lipinski definition) is 3. The van der Waals surface area contributed by atoms with Crippen molar-refractivity contribution in [3.8, 4) is 0 Å². The summed E-state index contributed by atoms with van der Waals surface area (Å²) in [5.41, 5.74) is 0.223. The highest BCUT2D eigenvalue weighted by Gasteiger charge is 2.52. The van der Waals surface area contributed by atoms with Gasteiger partial charge in [-0.25, -0.2) is 8.78 Å².